The molecule has 14 heavy (non-hydrogen) atoms. The van der Waals surface area contributed by atoms with Gasteiger partial charge >= 0.3 is 0 Å². The number of aldehydes is 1. The van der Waals surface area contributed by atoms with Gasteiger partial charge in [-0.1, -0.05) is 26.2 Å². The van der Waals surface area contributed by atoms with Crippen LogP contribution in [0.3, 0.4) is 0 Å². The number of rotatable bonds is 8. The topological polar surface area (TPSA) is 17.1 Å². The zero-order valence-electron chi connectivity index (χ0n) is 9.35. The maximum Gasteiger partial charge on any atom is 0.119 e. The van der Waals surface area contributed by atoms with Crippen molar-refractivity contribution < 1.29 is 4.79 Å². The second kappa shape index (κ2) is 12.2. The van der Waals surface area contributed by atoms with Gasteiger partial charge in [0.05, 0.1) is 0 Å². The molecule has 0 bridgehead atoms. The predicted octanol–water partition coefficient (Wildman–Crippen LogP) is 3.72. The standard InChI is InChI=1S/C13H22O/c1-2-3-4-5-6-7-8-9-10-11-12-13-14/h13H,2-6,9-12H2,1H3. The maximum absolute atomic E-state index is 10.0. The van der Waals surface area contributed by atoms with E-state index in [4.69, 9.17) is 0 Å². The Morgan fingerprint density at radius 2 is 1.57 bits per heavy atom. The van der Waals surface area contributed by atoms with Gasteiger partial charge in [0.2, 0.25) is 0 Å². The molecule has 1 nitrogen and oxygen atoms in total. The fourth-order valence-electron chi connectivity index (χ4n) is 1.26. The number of hydrogen-bond acceptors (Lipinski definition) is 1. The quantitative estimate of drug-likeness (QED) is 0.327. The number of hydrogen-bond donors (Lipinski definition) is 0. The summed E-state index contributed by atoms with van der Waals surface area (Å²) >= 11 is 0. The molecule has 0 rings (SSSR count). The van der Waals surface area contributed by atoms with E-state index < -0.39 is 0 Å². The predicted molar refractivity (Wildman–Crippen MR) is 61.1 cm³/mol. The minimum atomic E-state index is 0.693. The molecule has 0 saturated carbocycles. The Labute approximate surface area is 88.3 Å². The zero-order valence-corrected chi connectivity index (χ0v) is 9.35. The third-order valence-electron chi connectivity index (χ3n) is 2.15. The number of carbonyl (C=O) groups excluding carboxylic acids is 1. The van der Waals surface area contributed by atoms with Crippen LogP contribution in [0.5, 0.6) is 0 Å². The molecule has 0 fully saturated rings. The lowest BCUT2D eigenvalue weighted by Gasteiger charge is -1.92. The Morgan fingerprint density at radius 3 is 2.14 bits per heavy atom. The highest BCUT2D eigenvalue weighted by molar-refractivity contribution is 5.48. The van der Waals surface area contributed by atoms with Crippen molar-refractivity contribution in [1.29, 1.82) is 0 Å². The van der Waals surface area contributed by atoms with E-state index in [9.17, 15) is 4.79 Å². The fraction of sp³-hybridized carbons (Fsp3) is 0.769. The van der Waals surface area contributed by atoms with Gasteiger partial charge in [-0.3, -0.25) is 0 Å². The van der Waals surface area contributed by atoms with Crippen molar-refractivity contribution in [2.75, 3.05) is 0 Å². The molecule has 1 heteroatoms. The fourth-order valence-corrected chi connectivity index (χ4v) is 1.26. The average molecular weight is 194 g/mol. The summed E-state index contributed by atoms with van der Waals surface area (Å²) < 4.78 is 0. The highest BCUT2D eigenvalue weighted by Crippen LogP contribution is 2.01. The van der Waals surface area contributed by atoms with Crippen LogP contribution in [0.1, 0.15) is 64.7 Å². The van der Waals surface area contributed by atoms with Gasteiger partial charge < -0.3 is 4.79 Å². The molecule has 0 spiro atoms. The second-order valence-corrected chi connectivity index (χ2v) is 3.58. The van der Waals surface area contributed by atoms with Crippen LogP contribution >= 0.6 is 0 Å². The molecule has 0 aromatic rings. The molecule has 0 aliphatic rings. The molecule has 80 valence electrons. The lowest BCUT2D eigenvalue weighted by molar-refractivity contribution is -0.107. The van der Waals surface area contributed by atoms with Crippen molar-refractivity contribution in [1.82, 2.24) is 0 Å². The third-order valence-corrected chi connectivity index (χ3v) is 2.15. The molecule has 0 aromatic heterocycles. The average Bonchev–Trinajstić information content (AvgIpc) is 2.21. The van der Waals surface area contributed by atoms with Gasteiger partial charge in [-0.15, -0.1) is 11.8 Å². The molecule has 0 heterocycles. The van der Waals surface area contributed by atoms with Crippen LogP contribution in [0.2, 0.25) is 0 Å². The van der Waals surface area contributed by atoms with E-state index in [0.29, 0.717) is 6.42 Å². The summed E-state index contributed by atoms with van der Waals surface area (Å²) in [4.78, 5) is 10.0. The van der Waals surface area contributed by atoms with E-state index >= 15 is 0 Å². The summed E-state index contributed by atoms with van der Waals surface area (Å²) in [6.07, 6.45) is 10.9. The molecule has 0 unspecified atom stereocenters. The van der Waals surface area contributed by atoms with Gasteiger partial charge in [0.15, 0.2) is 0 Å². The van der Waals surface area contributed by atoms with Crippen molar-refractivity contribution in [2.45, 2.75) is 64.7 Å². The van der Waals surface area contributed by atoms with Crippen molar-refractivity contribution >= 4 is 6.29 Å². The first-order chi connectivity index (χ1) is 6.91. The van der Waals surface area contributed by atoms with E-state index in [1.165, 1.54) is 25.7 Å². The summed E-state index contributed by atoms with van der Waals surface area (Å²) in [6.45, 7) is 2.22. The summed E-state index contributed by atoms with van der Waals surface area (Å²) in [5, 5.41) is 0. The SMILES string of the molecule is CCCCCCC#CCCCCC=O. The number of unbranched alkanes of at least 4 members (excludes halogenated alkanes) is 7. The van der Waals surface area contributed by atoms with Crippen molar-refractivity contribution in [3.8, 4) is 11.8 Å². The van der Waals surface area contributed by atoms with Crippen LogP contribution < -0.4 is 0 Å². The third kappa shape index (κ3) is 11.2. The van der Waals surface area contributed by atoms with Crippen LogP contribution in [0.15, 0.2) is 0 Å². The Kier molecular flexibility index (Phi) is 11.6. The molecular weight excluding hydrogens is 172 g/mol. The Morgan fingerprint density at radius 1 is 0.929 bits per heavy atom. The molecule has 0 aliphatic heterocycles. The zero-order chi connectivity index (χ0) is 10.5. The van der Waals surface area contributed by atoms with E-state index in [2.05, 4.69) is 18.8 Å². The summed E-state index contributed by atoms with van der Waals surface area (Å²) in [7, 11) is 0. The lowest BCUT2D eigenvalue weighted by Crippen LogP contribution is -1.77. The molecular formula is C13H22O. The van der Waals surface area contributed by atoms with E-state index in [-0.39, 0.29) is 0 Å². The molecule has 0 N–H and O–H groups in total. The highest BCUT2D eigenvalue weighted by Gasteiger charge is 1.85. The Bertz CT molecular complexity index is 173. The van der Waals surface area contributed by atoms with Crippen LogP contribution in [0.25, 0.3) is 0 Å². The van der Waals surface area contributed by atoms with Gasteiger partial charge in [0.25, 0.3) is 0 Å². The first-order valence-electron chi connectivity index (χ1n) is 5.81. The monoisotopic (exact) mass is 194 g/mol. The van der Waals surface area contributed by atoms with Gasteiger partial charge in [0.1, 0.15) is 6.29 Å². The molecule has 0 aromatic carbocycles. The largest absolute Gasteiger partial charge is 0.303 e. The minimum absolute atomic E-state index is 0.693. The smallest absolute Gasteiger partial charge is 0.119 e. The minimum Gasteiger partial charge on any atom is -0.303 e. The van der Waals surface area contributed by atoms with Crippen molar-refractivity contribution in [2.24, 2.45) is 0 Å². The second-order valence-electron chi connectivity index (χ2n) is 3.58. The normalized spacial score (nSPS) is 9.21. The Balaban J connectivity index is 3.06. The number of carbonyl (C=O) groups is 1. The van der Waals surface area contributed by atoms with E-state index in [1.54, 1.807) is 0 Å². The van der Waals surface area contributed by atoms with Crippen LogP contribution in [-0.4, -0.2) is 6.29 Å². The molecule has 0 atom stereocenters. The van der Waals surface area contributed by atoms with Crippen LogP contribution in [-0.2, 0) is 4.79 Å². The van der Waals surface area contributed by atoms with Gasteiger partial charge in [-0.2, -0.15) is 0 Å². The molecule has 0 amide bonds. The molecule has 0 aliphatic carbocycles. The van der Waals surface area contributed by atoms with Crippen LogP contribution in [0, 0.1) is 11.8 Å². The lowest BCUT2D eigenvalue weighted by atomic mass is 10.1. The summed E-state index contributed by atoms with van der Waals surface area (Å²) in [5.41, 5.74) is 0. The van der Waals surface area contributed by atoms with Gasteiger partial charge in [-0.05, 0) is 19.3 Å². The highest BCUT2D eigenvalue weighted by atomic mass is 16.1. The maximum atomic E-state index is 10.0. The summed E-state index contributed by atoms with van der Waals surface area (Å²) in [5.74, 6) is 6.34. The van der Waals surface area contributed by atoms with Gasteiger partial charge in [-0.25, -0.2) is 0 Å². The first-order valence-corrected chi connectivity index (χ1v) is 5.81. The molecule has 0 saturated heterocycles. The van der Waals surface area contributed by atoms with E-state index in [1.807, 2.05) is 0 Å². The van der Waals surface area contributed by atoms with E-state index in [0.717, 1.165) is 32.0 Å². The molecule has 0 radical (unpaired) electrons. The van der Waals surface area contributed by atoms with Crippen molar-refractivity contribution in [3.05, 3.63) is 0 Å². The summed E-state index contributed by atoms with van der Waals surface area (Å²) in [6, 6.07) is 0. The van der Waals surface area contributed by atoms with Crippen LogP contribution in [0.4, 0.5) is 0 Å². The first kappa shape index (κ1) is 13.2. The van der Waals surface area contributed by atoms with Crippen molar-refractivity contribution in [3.63, 3.8) is 0 Å². The Hall–Kier alpha value is -0.770. The van der Waals surface area contributed by atoms with Gasteiger partial charge in [0, 0.05) is 19.3 Å².